The molecule has 3 N–H and O–H groups in total. The molecule has 1 amide bonds. The van der Waals surface area contributed by atoms with Crippen molar-refractivity contribution < 1.29 is 9.53 Å². The largest absolute Gasteiger partial charge is 0.449 e. The average molecular weight is 399 g/mol. The molecule has 4 rings (SSSR count). The second kappa shape index (κ2) is 8.87. The number of alkyl carbamates (subject to hydrolysis) is 1. The number of rotatable bonds is 6. The van der Waals surface area contributed by atoms with Crippen molar-refractivity contribution in [2.75, 3.05) is 18.9 Å². The van der Waals surface area contributed by atoms with E-state index in [2.05, 4.69) is 42.6 Å². The number of nitrogens with two attached hydrogens (primary N) is 1. The summed E-state index contributed by atoms with van der Waals surface area (Å²) in [6.07, 6.45) is 4.37. The molecule has 1 aliphatic carbocycles. The van der Waals surface area contributed by atoms with Crippen LogP contribution in [0.2, 0.25) is 0 Å². The van der Waals surface area contributed by atoms with Crippen molar-refractivity contribution in [3.05, 3.63) is 95.1 Å². The highest BCUT2D eigenvalue weighted by atomic mass is 16.5. The van der Waals surface area contributed by atoms with Gasteiger partial charge in [-0.2, -0.15) is 0 Å². The van der Waals surface area contributed by atoms with Gasteiger partial charge in [-0.05, 0) is 51.9 Å². The summed E-state index contributed by atoms with van der Waals surface area (Å²) in [6, 6.07) is 22.6. The summed E-state index contributed by atoms with van der Waals surface area (Å²) in [7, 11) is 0. The van der Waals surface area contributed by atoms with E-state index in [1.165, 1.54) is 22.3 Å². The first-order valence-corrected chi connectivity index (χ1v) is 10.3. The summed E-state index contributed by atoms with van der Waals surface area (Å²) in [6.45, 7) is 2.81. The monoisotopic (exact) mass is 398 g/mol. The van der Waals surface area contributed by atoms with Gasteiger partial charge >= 0.3 is 6.09 Å². The molecule has 4 heteroatoms. The standard InChI is InChI=1S/C26H26N2O2/c1-2-19-16-18(13-14-25(19)27)8-7-15-28-26(29)30-17-24-22-11-5-3-9-20(22)21-10-4-6-12-23(21)24/h3-14,16,24H,2,15,17,27H2,1H3,(H,28,29). The van der Waals surface area contributed by atoms with E-state index in [0.717, 1.165) is 23.2 Å². The van der Waals surface area contributed by atoms with Gasteiger partial charge < -0.3 is 15.8 Å². The van der Waals surface area contributed by atoms with E-state index in [9.17, 15) is 4.79 Å². The minimum absolute atomic E-state index is 0.0703. The first-order chi connectivity index (χ1) is 14.7. The Morgan fingerprint density at radius 2 is 1.70 bits per heavy atom. The second-order valence-corrected chi connectivity index (χ2v) is 7.42. The van der Waals surface area contributed by atoms with Gasteiger partial charge in [0.2, 0.25) is 0 Å². The van der Waals surface area contributed by atoms with E-state index >= 15 is 0 Å². The number of anilines is 1. The number of fused-ring (bicyclic) bond motifs is 3. The molecule has 0 saturated heterocycles. The quantitative estimate of drug-likeness (QED) is 0.548. The predicted molar refractivity (Wildman–Crippen MR) is 122 cm³/mol. The maximum atomic E-state index is 12.2. The van der Waals surface area contributed by atoms with Crippen LogP contribution in [0.1, 0.15) is 35.1 Å². The molecule has 3 aromatic rings. The van der Waals surface area contributed by atoms with Crippen LogP contribution in [-0.2, 0) is 11.2 Å². The van der Waals surface area contributed by atoms with Gasteiger partial charge in [0.15, 0.2) is 0 Å². The van der Waals surface area contributed by atoms with Gasteiger partial charge in [-0.15, -0.1) is 0 Å². The van der Waals surface area contributed by atoms with E-state index in [0.29, 0.717) is 13.2 Å². The van der Waals surface area contributed by atoms with Crippen LogP contribution in [-0.4, -0.2) is 19.2 Å². The molecule has 0 atom stereocenters. The highest BCUT2D eigenvalue weighted by Crippen LogP contribution is 2.44. The van der Waals surface area contributed by atoms with Crippen LogP contribution in [0.25, 0.3) is 17.2 Å². The number of amides is 1. The smallest absolute Gasteiger partial charge is 0.407 e. The van der Waals surface area contributed by atoms with Gasteiger partial charge in [-0.3, -0.25) is 0 Å². The van der Waals surface area contributed by atoms with Crippen molar-refractivity contribution in [3.8, 4) is 11.1 Å². The van der Waals surface area contributed by atoms with Crippen molar-refractivity contribution in [2.45, 2.75) is 19.3 Å². The maximum absolute atomic E-state index is 12.2. The Morgan fingerprint density at radius 1 is 1.03 bits per heavy atom. The molecule has 0 unspecified atom stereocenters. The molecule has 3 aromatic carbocycles. The topological polar surface area (TPSA) is 64.3 Å². The Bertz CT molecular complexity index is 1040. The highest BCUT2D eigenvalue weighted by Gasteiger charge is 2.28. The summed E-state index contributed by atoms with van der Waals surface area (Å²) in [5.41, 5.74) is 13.8. The molecule has 30 heavy (non-hydrogen) atoms. The van der Waals surface area contributed by atoms with Crippen LogP contribution in [0.3, 0.4) is 0 Å². The third-order valence-electron chi connectivity index (χ3n) is 5.57. The minimum atomic E-state index is -0.409. The SMILES string of the molecule is CCc1cc(C=CCNC(=O)OCC2c3ccccc3-c3ccccc32)ccc1N. The van der Waals surface area contributed by atoms with E-state index in [4.69, 9.17) is 10.5 Å². The van der Waals surface area contributed by atoms with Crippen molar-refractivity contribution >= 4 is 17.9 Å². The van der Waals surface area contributed by atoms with Gasteiger partial charge in [-0.25, -0.2) is 4.79 Å². The molecule has 0 aliphatic heterocycles. The fourth-order valence-corrected chi connectivity index (χ4v) is 4.02. The predicted octanol–water partition coefficient (Wildman–Crippen LogP) is 5.38. The average Bonchev–Trinajstić information content (AvgIpc) is 3.10. The van der Waals surface area contributed by atoms with E-state index in [-0.39, 0.29) is 5.92 Å². The Hall–Kier alpha value is -3.53. The molecule has 0 fully saturated rings. The van der Waals surface area contributed by atoms with Crippen molar-refractivity contribution in [2.24, 2.45) is 0 Å². The number of carbonyl (C=O) groups is 1. The molecule has 0 aromatic heterocycles. The summed E-state index contributed by atoms with van der Waals surface area (Å²) in [4.78, 5) is 12.2. The van der Waals surface area contributed by atoms with Crippen molar-refractivity contribution in [3.63, 3.8) is 0 Å². The van der Waals surface area contributed by atoms with Crippen LogP contribution in [0.5, 0.6) is 0 Å². The zero-order valence-electron chi connectivity index (χ0n) is 17.1. The molecule has 1 aliphatic rings. The molecule has 0 bridgehead atoms. The lowest BCUT2D eigenvalue weighted by molar-refractivity contribution is 0.144. The third-order valence-corrected chi connectivity index (χ3v) is 5.57. The summed E-state index contributed by atoms with van der Waals surface area (Å²) in [5, 5.41) is 2.79. The molecule has 152 valence electrons. The Morgan fingerprint density at radius 3 is 2.37 bits per heavy atom. The van der Waals surface area contributed by atoms with Gasteiger partial charge in [0.1, 0.15) is 6.61 Å². The minimum Gasteiger partial charge on any atom is -0.449 e. The molecular weight excluding hydrogens is 372 g/mol. The van der Waals surface area contributed by atoms with E-state index < -0.39 is 6.09 Å². The van der Waals surface area contributed by atoms with Crippen molar-refractivity contribution in [1.29, 1.82) is 0 Å². The van der Waals surface area contributed by atoms with Gasteiger partial charge in [0.25, 0.3) is 0 Å². The Labute approximate surface area is 177 Å². The number of hydrogen-bond donors (Lipinski definition) is 2. The third kappa shape index (κ3) is 4.08. The highest BCUT2D eigenvalue weighted by molar-refractivity contribution is 5.79. The molecule has 0 radical (unpaired) electrons. The molecule has 0 saturated carbocycles. The van der Waals surface area contributed by atoms with E-state index in [1.807, 2.05) is 48.6 Å². The number of hydrogen-bond acceptors (Lipinski definition) is 3. The lowest BCUT2D eigenvalue weighted by atomic mass is 9.98. The lowest BCUT2D eigenvalue weighted by Gasteiger charge is -2.14. The van der Waals surface area contributed by atoms with Gasteiger partial charge in [0.05, 0.1) is 0 Å². The van der Waals surface area contributed by atoms with Crippen LogP contribution < -0.4 is 11.1 Å². The molecule has 0 heterocycles. The number of nitrogen functional groups attached to an aromatic ring is 1. The zero-order chi connectivity index (χ0) is 20.9. The number of ether oxygens (including phenoxy) is 1. The number of aryl methyl sites for hydroxylation is 1. The fourth-order valence-electron chi connectivity index (χ4n) is 4.02. The van der Waals surface area contributed by atoms with Gasteiger partial charge in [-0.1, -0.05) is 73.7 Å². The Balaban J connectivity index is 1.32. The van der Waals surface area contributed by atoms with Crippen LogP contribution in [0.15, 0.2) is 72.8 Å². The molecule has 4 nitrogen and oxygen atoms in total. The molecular formula is C26H26N2O2. The zero-order valence-corrected chi connectivity index (χ0v) is 17.1. The summed E-state index contributed by atoms with van der Waals surface area (Å²) in [5.74, 6) is 0.0703. The lowest BCUT2D eigenvalue weighted by Crippen LogP contribution is -2.26. The normalized spacial score (nSPS) is 12.6. The molecule has 0 spiro atoms. The first-order valence-electron chi connectivity index (χ1n) is 10.3. The van der Waals surface area contributed by atoms with E-state index in [1.54, 1.807) is 0 Å². The Kier molecular flexibility index (Phi) is 5.84. The summed E-state index contributed by atoms with van der Waals surface area (Å²) >= 11 is 0. The fraction of sp³-hybridized carbons (Fsp3) is 0.192. The second-order valence-electron chi connectivity index (χ2n) is 7.42. The van der Waals surface area contributed by atoms with Gasteiger partial charge in [0, 0.05) is 18.2 Å². The van der Waals surface area contributed by atoms with Crippen molar-refractivity contribution in [1.82, 2.24) is 5.32 Å². The number of benzene rings is 3. The van der Waals surface area contributed by atoms with Crippen LogP contribution in [0.4, 0.5) is 10.5 Å². The first kappa shape index (κ1) is 19.8. The van der Waals surface area contributed by atoms with Crippen LogP contribution >= 0.6 is 0 Å². The summed E-state index contributed by atoms with van der Waals surface area (Å²) < 4.78 is 5.54. The number of carbonyl (C=O) groups excluding carboxylic acids is 1. The maximum Gasteiger partial charge on any atom is 0.407 e. The van der Waals surface area contributed by atoms with Crippen LogP contribution in [0, 0.1) is 0 Å². The number of nitrogens with one attached hydrogen (secondary N) is 1.